The fourth-order valence-electron chi connectivity index (χ4n) is 1.84. The van der Waals surface area contributed by atoms with Gasteiger partial charge in [-0.1, -0.05) is 6.07 Å². The molecule has 0 saturated carbocycles. The molecule has 22 heavy (non-hydrogen) atoms. The zero-order chi connectivity index (χ0) is 15.9. The number of nitrogens with zero attached hydrogens (tertiary/aromatic N) is 1. The minimum atomic E-state index is -0.427. The predicted octanol–water partition coefficient (Wildman–Crippen LogP) is 4.00. The summed E-state index contributed by atoms with van der Waals surface area (Å²) in [7, 11) is 0. The summed E-state index contributed by atoms with van der Waals surface area (Å²) in [5.41, 5.74) is 1.72. The molecule has 0 atom stereocenters. The van der Waals surface area contributed by atoms with Crippen molar-refractivity contribution in [2.75, 3.05) is 11.9 Å². The van der Waals surface area contributed by atoms with E-state index in [0.717, 1.165) is 10.4 Å². The SMILES string of the molecule is CCOc1cccc(NC(=O)/C(C#N)=C\c2sccc2C)c1. The second-order valence-corrected chi connectivity index (χ2v) is 5.50. The van der Waals surface area contributed by atoms with Crippen molar-refractivity contribution in [2.24, 2.45) is 0 Å². The standard InChI is InChI=1S/C17H16N2O2S/c1-3-21-15-6-4-5-14(10-15)19-17(20)13(11-18)9-16-12(2)7-8-22-16/h4-10H,3H2,1-2H3,(H,19,20)/b13-9-. The summed E-state index contributed by atoms with van der Waals surface area (Å²) in [5.74, 6) is 0.251. The van der Waals surface area contributed by atoms with Crippen LogP contribution in [-0.2, 0) is 4.79 Å². The first kappa shape index (κ1) is 15.8. The molecule has 5 heteroatoms. The molecular formula is C17H16N2O2S. The van der Waals surface area contributed by atoms with Crippen LogP contribution >= 0.6 is 11.3 Å². The molecule has 1 N–H and O–H groups in total. The number of hydrogen-bond donors (Lipinski definition) is 1. The summed E-state index contributed by atoms with van der Waals surface area (Å²) in [6, 6.07) is 11.0. The maximum Gasteiger partial charge on any atom is 0.266 e. The third kappa shape index (κ3) is 3.96. The Labute approximate surface area is 133 Å². The van der Waals surface area contributed by atoms with Gasteiger partial charge in [-0.3, -0.25) is 4.79 Å². The third-order valence-corrected chi connectivity index (χ3v) is 3.91. The van der Waals surface area contributed by atoms with Gasteiger partial charge in [-0.2, -0.15) is 5.26 Å². The van der Waals surface area contributed by atoms with Gasteiger partial charge in [0.15, 0.2) is 0 Å². The van der Waals surface area contributed by atoms with Gasteiger partial charge in [0.05, 0.1) is 6.61 Å². The van der Waals surface area contributed by atoms with Crippen LogP contribution in [0.2, 0.25) is 0 Å². The van der Waals surface area contributed by atoms with Crippen molar-refractivity contribution in [3.63, 3.8) is 0 Å². The number of rotatable bonds is 5. The molecule has 2 rings (SSSR count). The molecule has 0 bridgehead atoms. The molecule has 0 saturated heterocycles. The molecule has 0 unspecified atom stereocenters. The van der Waals surface area contributed by atoms with Crippen LogP contribution in [0.3, 0.4) is 0 Å². The maximum atomic E-state index is 12.2. The lowest BCUT2D eigenvalue weighted by Crippen LogP contribution is -2.13. The topological polar surface area (TPSA) is 62.1 Å². The Balaban J connectivity index is 2.17. The van der Waals surface area contributed by atoms with E-state index < -0.39 is 5.91 Å². The van der Waals surface area contributed by atoms with Crippen molar-refractivity contribution < 1.29 is 9.53 Å². The predicted molar refractivity (Wildman–Crippen MR) is 88.9 cm³/mol. The highest BCUT2D eigenvalue weighted by molar-refractivity contribution is 7.11. The zero-order valence-electron chi connectivity index (χ0n) is 12.4. The van der Waals surface area contributed by atoms with Crippen LogP contribution < -0.4 is 10.1 Å². The number of carbonyl (C=O) groups excluding carboxylic acids is 1. The number of benzene rings is 1. The highest BCUT2D eigenvalue weighted by Gasteiger charge is 2.11. The van der Waals surface area contributed by atoms with E-state index in [1.807, 2.05) is 37.4 Å². The number of nitrogens with one attached hydrogen (secondary N) is 1. The van der Waals surface area contributed by atoms with Crippen LogP contribution in [0.1, 0.15) is 17.4 Å². The second kappa shape index (κ2) is 7.43. The van der Waals surface area contributed by atoms with E-state index in [2.05, 4.69) is 5.32 Å². The summed E-state index contributed by atoms with van der Waals surface area (Å²) < 4.78 is 5.39. The summed E-state index contributed by atoms with van der Waals surface area (Å²) in [6.07, 6.45) is 1.61. The lowest BCUT2D eigenvalue weighted by Gasteiger charge is -2.07. The fraction of sp³-hybridized carbons (Fsp3) is 0.176. The molecule has 0 spiro atoms. The number of nitriles is 1. The van der Waals surface area contributed by atoms with Crippen molar-refractivity contribution in [3.05, 3.63) is 51.7 Å². The van der Waals surface area contributed by atoms with E-state index >= 15 is 0 Å². The van der Waals surface area contributed by atoms with Crippen LogP contribution in [0.5, 0.6) is 5.75 Å². The smallest absolute Gasteiger partial charge is 0.266 e. The Morgan fingerprint density at radius 2 is 2.27 bits per heavy atom. The van der Waals surface area contributed by atoms with Crippen molar-refractivity contribution >= 4 is 29.0 Å². The highest BCUT2D eigenvalue weighted by atomic mass is 32.1. The minimum Gasteiger partial charge on any atom is -0.494 e. The number of carbonyl (C=O) groups is 1. The van der Waals surface area contributed by atoms with Gasteiger partial charge in [0.25, 0.3) is 5.91 Å². The average Bonchev–Trinajstić information content (AvgIpc) is 2.90. The second-order valence-electron chi connectivity index (χ2n) is 4.55. The highest BCUT2D eigenvalue weighted by Crippen LogP contribution is 2.21. The van der Waals surface area contributed by atoms with E-state index in [0.29, 0.717) is 18.0 Å². The van der Waals surface area contributed by atoms with Crippen molar-refractivity contribution in [2.45, 2.75) is 13.8 Å². The Hall–Kier alpha value is -2.58. The third-order valence-electron chi connectivity index (χ3n) is 2.95. The van der Waals surface area contributed by atoms with Crippen molar-refractivity contribution in [1.82, 2.24) is 0 Å². The maximum absolute atomic E-state index is 12.2. The molecule has 2 aromatic rings. The molecule has 0 radical (unpaired) electrons. The summed E-state index contributed by atoms with van der Waals surface area (Å²) in [5, 5.41) is 13.9. The number of amides is 1. The van der Waals surface area contributed by atoms with Crippen molar-refractivity contribution in [1.29, 1.82) is 5.26 Å². The van der Waals surface area contributed by atoms with E-state index in [1.54, 1.807) is 24.3 Å². The number of thiophene rings is 1. The number of hydrogen-bond acceptors (Lipinski definition) is 4. The van der Waals surface area contributed by atoms with E-state index in [4.69, 9.17) is 4.74 Å². The van der Waals surface area contributed by atoms with Gasteiger partial charge in [0.2, 0.25) is 0 Å². The zero-order valence-corrected chi connectivity index (χ0v) is 13.2. The van der Waals surface area contributed by atoms with Crippen LogP contribution in [0.25, 0.3) is 6.08 Å². The normalized spacial score (nSPS) is 10.9. The van der Waals surface area contributed by atoms with E-state index in [1.165, 1.54) is 11.3 Å². The number of anilines is 1. The number of ether oxygens (including phenoxy) is 1. The summed E-state index contributed by atoms with van der Waals surface area (Å²) in [6.45, 7) is 4.39. The Bertz CT molecular complexity index is 741. The van der Waals surface area contributed by atoms with E-state index in [9.17, 15) is 10.1 Å². The largest absolute Gasteiger partial charge is 0.494 e. The molecule has 0 fully saturated rings. The van der Waals surface area contributed by atoms with Crippen LogP contribution in [0.4, 0.5) is 5.69 Å². The lowest BCUT2D eigenvalue weighted by atomic mass is 10.2. The number of aryl methyl sites for hydroxylation is 1. The first-order chi connectivity index (χ1) is 10.6. The van der Waals surface area contributed by atoms with E-state index in [-0.39, 0.29) is 5.57 Å². The van der Waals surface area contributed by atoms with Gasteiger partial charge < -0.3 is 10.1 Å². The lowest BCUT2D eigenvalue weighted by molar-refractivity contribution is -0.112. The molecule has 1 heterocycles. The van der Waals surface area contributed by atoms with Gasteiger partial charge >= 0.3 is 0 Å². The molecule has 1 amide bonds. The van der Waals surface area contributed by atoms with Gasteiger partial charge in [0, 0.05) is 16.6 Å². The minimum absolute atomic E-state index is 0.0763. The molecule has 112 valence electrons. The molecule has 0 aliphatic carbocycles. The first-order valence-corrected chi connectivity index (χ1v) is 7.72. The quantitative estimate of drug-likeness (QED) is 0.670. The molecule has 1 aromatic carbocycles. The molecular weight excluding hydrogens is 296 g/mol. The van der Waals surface area contributed by atoms with Gasteiger partial charge in [-0.15, -0.1) is 11.3 Å². The molecule has 4 nitrogen and oxygen atoms in total. The van der Waals surface area contributed by atoms with Gasteiger partial charge in [-0.25, -0.2) is 0 Å². The monoisotopic (exact) mass is 312 g/mol. The summed E-state index contributed by atoms with van der Waals surface area (Å²) >= 11 is 1.50. The van der Waals surface area contributed by atoms with Gasteiger partial charge in [-0.05, 0) is 49.1 Å². The van der Waals surface area contributed by atoms with Crippen molar-refractivity contribution in [3.8, 4) is 11.8 Å². The Kier molecular flexibility index (Phi) is 5.34. The Morgan fingerprint density at radius 3 is 2.91 bits per heavy atom. The average molecular weight is 312 g/mol. The van der Waals surface area contributed by atoms with Gasteiger partial charge in [0.1, 0.15) is 17.4 Å². The summed E-state index contributed by atoms with van der Waals surface area (Å²) in [4.78, 5) is 13.1. The van der Waals surface area contributed by atoms with Crippen LogP contribution in [0.15, 0.2) is 41.3 Å². The molecule has 0 aliphatic heterocycles. The Morgan fingerprint density at radius 1 is 1.45 bits per heavy atom. The fourth-order valence-corrected chi connectivity index (χ4v) is 2.70. The molecule has 0 aliphatic rings. The first-order valence-electron chi connectivity index (χ1n) is 6.84. The van der Waals surface area contributed by atoms with Crippen LogP contribution in [-0.4, -0.2) is 12.5 Å². The molecule has 1 aromatic heterocycles. The van der Waals surface area contributed by atoms with Crippen LogP contribution in [0, 0.1) is 18.3 Å².